The van der Waals surface area contributed by atoms with E-state index in [1.54, 1.807) is 6.08 Å². The Hall–Kier alpha value is -1.71. The monoisotopic (exact) mass is 320 g/mol. The summed E-state index contributed by atoms with van der Waals surface area (Å²) in [4.78, 5) is 33.9. The fraction of sp³-hybridized carbons (Fsp3) is 0.632. The third-order valence-electron chi connectivity index (χ3n) is 4.25. The lowest BCUT2D eigenvalue weighted by atomic mass is 9.91. The summed E-state index contributed by atoms with van der Waals surface area (Å²) in [6.45, 7) is 1.98. The zero-order valence-corrected chi connectivity index (χ0v) is 14.0. The molecule has 1 aliphatic carbocycles. The molecule has 2 atom stereocenters. The van der Waals surface area contributed by atoms with Crippen molar-refractivity contribution in [3.8, 4) is 0 Å². The van der Waals surface area contributed by atoms with Gasteiger partial charge in [-0.25, -0.2) is 0 Å². The second kappa shape index (κ2) is 10.9. The van der Waals surface area contributed by atoms with Crippen molar-refractivity contribution in [2.45, 2.75) is 64.7 Å². The van der Waals surface area contributed by atoms with Gasteiger partial charge in [-0.3, -0.25) is 14.4 Å². The second-order valence-electron chi connectivity index (χ2n) is 6.20. The van der Waals surface area contributed by atoms with E-state index < -0.39 is 5.97 Å². The molecule has 1 saturated carbocycles. The standard InChI is InChI=1S/C19H28O4/c1-2-8-16(20)13-11-15-12-14-18(21)17(15)9-6-4-3-5-7-10-19(22)23/h4,6,11,13,15,17H,2-3,5,7-10,12,14H2,1H3,(H,22,23)/b6-4+,13-11+. The number of ketones is 2. The molecule has 23 heavy (non-hydrogen) atoms. The lowest BCUT2D eigenvalue weighted by Crippen LogP contribution is -2.12. The van der Waals surface area contributed by atoms with Crippen LogP contribution in [0.4, 0.5) is 0 Å². The van der Waals surface area contributed by atoms with E-state index in [0.717, 1.165) is 32.1 Å². The zero-order chi connectivity index (χ0) is 17.1. The summed E-state index contributed by atoms with van der Waals surface area (Å²) in [6, 6.07) is 0. The van der Waals surface area contributed by atoms with Crippen molar-refractivity contribution in [1.82, 2.24) is 0 Å². The van der Waals surface area contributed by atoms with Crippen LogP contribution in [0.5, 0.6) is 0 Å². The fourth-order valence-corrected chi connectivity index (χ4v) is 2.93. The third kappa shape index (κ3) is 7.91. The normalized spacial score (nSPS) is 21.5. The molecule has 2 unspecified atom stereocenters. The van der Waals surface area contributed by atoms with E-state index in [4.69, 9.17) is 5.11 Å². The van der Waals surface area contributed by atoms with Crippen LogP contribution >= 0.6 is 0 Å². The van der Waals surface area contributed by atoms with Gasteiger partial charge in [0.2, 0.25) is 0 Å². The lowest BCUT2D eigenvalue weighted by Gasteiger charge is -2.12. The number of carbonyl (C=O) groups excluding carboxylic acids is 2. The summed E-state index contributed by atoms with van der Waals surface area (Å²) in [5.74, 6) is -0.147. The molecule has 0 aromatic heterocycles. The lowest BCUT2D eigenvalue weighted by molar-refractivity contribution is -0.137. The Morgan fingerprint density at radius 2 is 2.00 bits per heavy atom. The summed E-state index contributed by atoms with van der Waals surface area (Å²) in [5, 5.41) is 8.56. The van der Waals surface area contributed by atoms with Crippen molar-refractivity contribution >= 4 is 17.5 Å². The molecule has 0 amide bonds. The van der Waals surface area contributed by atoms with Crippen molar-refractivity contribution in [3.05, 3.63) is 24.3 Å². The molecule has 0 radical (unpaired) electrons. The minimum atomic E-state index is -0.752. The highest BCUT2D eigenvalue weighted by Crippen LogP contribution is 2.32. The van der Waals surface area contributed by atoms with Gasteiger partial charge in [-0.05, 0) is 50.5 Å². The van der Waals surface area contributed by atoms with Crippen LogP contribution in [0.15, 0.2) is 24.3 Å². The highest BCUT2D eigenvalue weighted by atomic mass is 16.4. The molecule has 128 valence electrons. The molecule has 4 heteroatoms. The molecule has 0 spiro atoms. The van der Waals surface area contributed by atoms with Crippen LogP contribution in [0.1, 0.15) is 64.7 Å². The van der Waals surface area contributed by atoms with E-state index in [-0.39, 0.29) is 29.8 Å². The van der Waals surface area contributed by atoms with Crippen LogP contribution in [0.3, 0.4) is 0 Å². The van der Waals surface area contributed by atoms with E-state index in [0.29, 0.717) is 19.3 Å². The predicted molar refractivity (Wildman–Crippen MR) is 90.1 cm³/mol. The first-order valence-corrected chi connectivity index (χ1v) is 8.65. The maximum absolute atomic E-state index is 12.0. The molecule has 1 N–H and O–H groups in total. The van der Waals surface area contributed by atoms with Crippen molar-refractivity contribution in [2.24, 2.45) is 11.8 Å². The number of unbranched alkanes of at least 4 members (excludes halogenated alkanes) is 2. The average molecular weight is 320 g/mol. The molecular formula is C19H28O4. The number of hydrogen-bond acceptors (Lipinski definition) is 3. The van der Waals surface area contributed by atoms with Gasteiger partial charge in [-0.1, -0.05) is 25.2 Å². The number of allylic oxidation sites excluding steroid dienone is 4. The van der Waals surface area contributed by atoms with E-state index in [2.05, 4.69) is 0 Å². The molecular weight excluding hydrogens is 292 g/mol. The first kappa shape index (κ1) is 19.3. The molecule has 0 bridgehead atoms. The van der Waals surface area contributed by atoms with Gasteiger partial charge in [0.25, 0.3) is 0 Å². The Morgan fingerprint density at radius 1 is 1.22 bits per heavy atom. The molecule has 1 aliphatic rings. The number of hydrogen-bond donors (Lipinski definition) is 1. The van der Waals surface area contributed by atoms with Crippen molar-refractivity contribution < 1.29 is 19.5 Å². The van der Waals surface area contributed by atoms with Gasteiger partial charge in [0.1, 0.15) is 5.78 Å². The summed E-state index contributed by atoms with van der Waals surface area (Å²) >= 11 is 0. The van der Waals surface area contributed by atoms with Gasteiger partial charge in [-0.2, -0.15) is 0 Å². The van der Waals surface area contributed by atoms with Crippen LogP contribution in [0.2, 0.25) is 0 Å². The summed E-state index contributed by atoms with van der Waals surface area (Å²) < 4.78 is 0. The first-order valence-electron chi connectivity index (χ1n) is 8.65. The number of Topliss-reactive ketones (excluding diaryl/α,β-unsaturated/α-hetero) is 1. The Morgan fingerprint density at radius 3 is 2.70 bits per heavy atom. The molecule has 0 aliphatic heterocycles. The quantitative estimate of drug-likeness (QED) is 0.353. The van der Waals surface area contributed by atoms with Gasteiger partial charge in [0, 0.05) is 25.2 Å². The number of carbonyl (C=O) groups is 3. The summed E-state index contributed by atoms with van der Waals surface area (Å²) in [5.41, 5.74) is 0. The van der Waals surface area contributed by atoms with Gasteiger partial charge in [0.05, 0.1) is 0 Å². The number of carboxylic acid groups (broad SMARTS) is 1. The Kier molecular flexibility index (Phi) is 9.18. The van der Waals surface area contributed by atoms with Gasteiger partial charge in [0.15, 0.2) is 5.78 Å². The van der Waals surface area contributed by atoms with Crippen LogP contribution in [-0.4, -0.2) is 22.6 Å². The Bertz CT molecular complexity index is 462. The molecule has 0 heterocycles. The van der Waals surface area contributed by atoms with E-state index in [1.165, 1.54) is 0 Å². The molecule has 4 nitrogen and oxygen atoms in total. The van der Waals surface area contributed by atoms with E-state index >= 15 is 0 Å². The van der Waals surface area contributed by atoms with Crippen molar-refractivity contribution in [2.75, 3.05) is 0 Å². The maximum atomic E-state index is 12.0. The highest BCUT2D eigenvalue weighted by Gasteiger charge is 2.31. The minimum Gasteiger partial charge on any atom is -0.481 e. The fourth-order valence-electron chi connectivity index (χ4n) is 2.93. The van der Waals surface area contributed by atoms with Gasteiger partial charge >= 0.3 is 5.97 Å². The second-order valence-corrected chi connectivity index (χ2v) is 6.20. The molecule has 0 aromatic carbocycles. The zero-order valence-electron chi connectivity index (χ0n) is 14.0. The summed E-state index contributed by atoms with van der Waals surface area (Å²) in [6.07, 6.45) is 13.8. The average Bonchev–Trinajstić information content (AvgIpc) is 2.85. The van der Waals surface area contributed by atoms with Crippen LogP contribution in [0, 0.1) is 11.8 Å². The molecule has 1 fully saturated rings. The Balaban J connectivity index is 2.35. The van der Waals surface area contributed by atoms with Gasteiger partial charge in [-0.15, -0.1) is 0 Å². The molecule has 0 saturated heterocycles. The SMILES string of the molecule is CCCC(=O)/C=C/C1CCC(=O)C1C/C=C/CCCCC(=O)O. The molecule has 1 rings (SSSR count). The topological polar surface area (TPSA) is 71.4 Å². The number of rotatable bonds is 11. The first-order chi connectivity index (χ1) is 11.0. The van der Waals surface area contributed by atoms with Crippen molar-refractivity contribution in [3.63, 3.8) is 0 Å². The maximum Gasteiger partial charge on any atom is 0.303 e. The Labute approximate surface area is 138 Å². The van der Waals surface area contributed by atoms with Gasteiger partial charge < -0.3 is 5.11 Å². The van der Waals surface area contributed by atoms with Crippen LogP contribution in [-0.2, 0) is 14.4 Å². The number of carboxylic acids is 1. The third-order valence-corrected chi connectivity index (χ3v) is 4.25. The highest BCUT2D eigenvalue weighted by molar-refractivity contribution is 5.90. The van der Waals surface area contributed by atoms with Crippen LogP contribution < -0.4 is 0 Å². The van der Waals surface area contributed by atoms with Crippen molar-refractivity contribution in [1.29, 1.82) is 0 Å². The predicted octanol–water partition coefficient (Wildman–Crippen LogP) is 4.10. The number of aliphatic carboxylic acids is 1. The smallest absolute Gasteiger partial charge is 0.303 e. The minimum absolute atomic E-state index is 0.00375. The van der Waals surface area contributed by atoms with E-state index in [1.807, 2.05) is 25.2 Å². The summed E-state index contributed by atoms with van der Waals surface area (Å²) in [7, 11) is 0. The molecule has 0 aromatic rings. The van der Waals surface area contributed by atoms with Crippen LogP contribution in [0.25, 0.3) is 0 Å². The largest absolute Gasteiger partial charge is 0.481 e. The van der Waals surface area contributed by atoms with E-state index in [9.17, 15) is 14.4 Å².